The minimum Gasteiger partial charge on any atom is -0.492 e. The molecule has 0 saturated carbocycles. The Morgan fingerprint density at radius 2 is 1.95 bits per heavy atom. The molecule has 1 aliphatic rings. The molecule has 1 atom stereocenters. The minimum absolute atomic E-state index is 0.520. The van der Waals surface area contributed by atoms with Crippen LogP contribution in [0.3, 0.4) is 0 Å². The van der Waals surface area contributed by atoms with Crippen molar-refractivity contribution in [3.63, 3.8) is 0 Å². The summed E-state index contributed by atoms with van der Waals surface area (Å²) >= 11 is 5.82. The number of ether oxygens (including phenoxy) is 1. The molecule has 0 spiro atoms. The molecule has 0 radical (unpaired) electrons. The summed E-state index contributed by atoms with van der Waals surface area (Å²) in [6.07, 6.45) is 2.71. The smallest absolute Gasteiger partial charge is 0.119 e. The maximum Gasteiger partial charge on any atom is 0.119 e. The fourth-order valence-electron chi connectivity index (χ4n) is 2.42. The van der Waals surface area contributed by atoms with Gasteiger partial charge in [0.15, 0.2) is 0 Å². The summed E-state index contributed by atoms with van der Waals surface area (Å²) in [6, 6.07) is 8.01. The molecular formula is C15H23ClN2O. The molecule has 1 heterocycles. The van der Waals surface area contributed by atoms with Gasteiger partial charge in [-0.3, -0.25) is 0 Å². The van der Waals surface area contributed by atoms with Gasteiger partial charge in [0.05, 0.1) is 0 Å². The Morgan fingerprint density at radius 3 is 2.63 bits per heavy atom. The SMILES string of the molecule is CC(CN1CCCC1)NCCOc1ccc(Cl)cc1. The molecule has 1 N–H and O–H groups in total. The van der Waals surface area contributed by atoms with E-state index >= 15 is 0 Å². The van der Waals surface area contributed by atoms with Crippen LogP contribution in [0.4, 0.5) is 0 Å². The van der Waals surface area contributed by atoms with Crippen molar-refractivity contribution in [2.75, 3.05) is 32.8 Å². The van der Waals surface area contributed by atoms with Gasteiger partial charge < -0.3 is 15.0 Å². The Kier molecular flexibility index (Phi) is 5.95. The Morgan fingerprint density at radius 1 is 1.26 bits per heavy atom. The molecule has 1 aromatic rings. The van der Waals surface area contributed by atoms with E-state index in [9.17, 15) is 0 Å². The van der Waals surface area contributed by atoms with Gasteiger partial charge in [-0.1, -0.05) is 11.6 Å². The largest absolute Gasteiger partial charge is 0.492 e. The number of hydrogen-bond acceptors (Lipinski definition) is 3. The summed E-state index contributed by atoms with van der Waals surface area (Å²) in [5, 5.41) is 4.24. The standard InChI is InChI=1S/C15H23ClN2O/c1-13(12-18-9-2-3-10-18)17-8-11-19-15-6-4-14(16)5-7-15/h4-7,13,17H,2-3,8-12H2,1H3. The van der Waals surface area contributed by atoms with Crippen molar-refractivity contribution >= 4 is 11.6 Å². The molecule has 2 rings (SSSR count). The molecule has 4 heteroatoms. The van der Waals surface area contributed by atoms with E-state index in [-0.39, 0.29) is 0 Å². The molecule has 106 valence electrons. The van der Waals surface area contributed by atoms with E-state index in [0.29, 0.717) is 12.6 Å². The zero-order valence-electron chi connectivity index (χ0n) is 11.6. The van der Waals surface area contributed by atoms with Crippen molar-refractivity contribution in [2.24, 2.45) is 0 Å². The van der Waals surface area contributed by atoms with E-state index in [0.717, 1.165) is 23.9 Å². The van der Waals surface area contributed by atoms with Gasteiger partial charge in [0, 0.05) is 24.2 Å². The molecule has 0 bridgehead atoms. The summed E-state index contributed by atoms with van der Waals surface area (Å²) in [5.74, 6) is 0.874. The van der Waals surface area contributed by atoms with Gasteiger partial charge in [-0.2, -0.15) is 0 Å². The molecule has 0 aliphatic carbocycles. The van der Waals surface area contributed by atoms with Gasteiger partial charge in [0.1, 0.15) is 12.4 Å². The highest BCUT2D eigenvalue weighted by molar-refractivity contribution is 6.30. The highest BCUT2D eigenvalue weighted by Crippen LogP contribution is 2.15. The molecule has 3 nitrogen and oxygen atoms in total. The predicted octanol–water partition coefficient (Wildman–Crippen LogP) is 2.79. The summed E-state index contributed by atoms with van der Waals surface area (Å²) in [6.45, 7) is 7.45. The lowest BCUT2D eigenvalue weighted by molar-refractivity contribution is 0.273. The molecule has 19 heavy (non-hydrogen) atoms. The molecule has 0 aromatic heterocycles. The normalized spacial score (nSPS) is 17.6. The van der Waals surface area contributed by atoms with Crippen molar-refractivity contribution < 1.29 is 4.74 Å². The molecule has 1 fully saturated rings. The molecule has 0 amide bonds. The molecular weight excluding hydrogens is 260 g/mol. The molecule has 1 unspecified atom stereocenters. The van der Waals surface area contributed by atoms with E-state index in [2.05, 4.69) is 17.1 Å². The van der Waals surface area contributed by atoms with Crippen LogP contribution in [0.5, 0.6) is 5.75 Å². The molecule has 1 aliphatic heterocycles. The van der Waals surface area contributed by atoms with Crippen molar-refractivity contribution in [3.8, 4) is 5.75 Å². The minimum atomic E-state index is 0.520. The lowest BCUT2D eigenvalue weighted by Crippen LogP contribution is -2.39. The third kappa shape index (κ3) is 5.39. The fourth-order valence-corrected chi connectivity index (χ4v) is 2.55. The first-order valence-electron chi connectivity index (χ1n) is 7.08. The van der Waals surface area contributed by atoms with E-state index in [1.807, 2.05) is 24.3 Å². The van der Waals surface area contributed by atoms with Crippen LogP contribution in [-0.4, -0.2) is 43.7 Å². The average Bonchev–Trinajstić information content (AvgIpc) is 2.89. The second-order valence-electron chi connectivity index (χ2n) is 5.17. The number of benzene rings is 1. The summed E-state index contributed by atoms with van der Waals surface area (Å²) in [5.41, 5.74) is 0. The summed E-state index contributed by atoms with van der Waals surface area (Å²) in [4.78, 5) is 2.53. The number of nitrogens with zero attached hydrogens (tertiary/aromatic N) is 1. The summed E-state index contributed by atoms with van der Waals surface area (Å²) in [7, 11) is 0. The Bertz CT molecular complexity index is 363. The van der Waals surface area contributed by atoms with E-state index in [4.69, 9.17) is 16.3 Å². The Balaban J connectivity index is 1.57. The first-order chi connectivity index (χ1) is 9.24. The number of rotatable bonds is 7. The van der Waals surface area contributed by atoms with Crippen molar-refractivity contribution in [3.05, 3.63) is 29.3 Å². The number of hydrogen-bond donors (Lipinski definition) is 1. The zero-order valence-corrected chi connectivity index (χ0v) is 12.3. The fraction of sp³-hybridized carbons (Fsp3) is 0.600. The second-order valence-corrected chi connectivity index (χ2v) is 5.60. The van der Waals surface area contributed by atoms with Crippen LogP contribution >= 0.6 is 11.6 Å². The van der Waals surface area contributed by atoms with Gasteiger partial charge in [-0.15, -0.1) is 0 Å². The van der Waals surface area contributed by atoms with Gasteiger partial charge in [0.2, 0.25) is 0 Å². The van der Waals surface area contributed by atoms with Crippen LogP contribution in [0.1, 0.15) is 19.8 Å². The predicted molar refractivity (Wildman–Crippen MR) is 80.1 cm³/mol. The van der Waals surface area contributed by atoms with Crippen LogP contribution in [0.2, 0.25) is 5.02 Å². The van der Waals surface area contributed by atoms with Gasteiger partial charge in [-0.05, 0) is 57.1 Å². The van der Waals surface area contributed by atoms with Crippen LogP contribution in [0.25, 0.3) is 0 Å². The number of nitrogens with one attached hydrogen (secondary N) is 1. The van der Waals surface area contributed by atoms with Gasteiger partial charge in [0.25, 0.3) is 0 Å². The highest BCUT2D eigenvalue weighted by Gasteiger charge is 2.13. The maximum absolute atomic E-state index is 5.82. The lowest BCUT2D eigenvalue weighted by Gasteiger charge is -2.21. The Labute approximate surface area is 120 Å². The van der Waals surface area contributed by atoms with E-state index < -0.39 is 0 Å². The summed E-state index contributed by atoms with van der Waals surface area (Å²) < 4.78 is 5.65. The van der Waals surface area contributed by atoms with E-state index in [1.165, 1.54) is 25.9 Å². The third-order valence-electron chi connectivity index (χ3n) is 3.41. The first-order valence-corrected chi connectivity index (χ1v) is 7.46. The maximum atomic E-state index is 5.82. The zero-order chi connectivity index (χ0) is 13.5. The van der Waals surface area contributed by atoms with E-state index in [1.54, 1.807) is 0 Å². The van der Waals surface area contributed by atoms with Crippen molar-refractivity contribution in [2.45, 2.75) is 25.8 Å². The molecule has 1 aromatic carbocycles. The van der Waals surface area contributed by atoms with Crippen LogP contribution < -0.4 is 10.1 Å². The van der Waals surface area contributed by atoms with Crippen molar-refractivity contribution in [1.29, 1.82) is 0 Å². The monoisotopic (exact) mass is 282 g/mol. The number of halogens is 1. The average molecular weight is 283 g/mol. The number of likely N-dealkylation sites (tertiary alicyclic amines) is 1. The quantitative estimate of drug-likeness (QED) is 0.779. The first kappa shape index (κ1) is 14.6. The highest BCUT2D eigenvalue weighted by atomic mass is 35.5. The lowest BCUT2D eigenvalue weighted by atomic mass is 10.3. The molecule has 1 saturated heterocycles. The van der Waals surface area contributed by atoms with Gasteiger partial charge in [-0.25, -0.2) is 0 Å². The van der Waals surface area contributed by atoms with Crippen molar-refractivity contribution in [1.82, 2.24) is 10.2 Å². The van der Waals surface area contributed by atoms with Crippen LogP contribution in [0.15, 0.2) is 24.3 Å². The topological polar surface area (TPSA) is 24.5 Å². The van der Waals surface area contributed by atoms with Gasteiger partial charge >= 0.3 is 0 Å². The second kappa shape index (κ2) is 7.73. The third-order valence-corrected chi connectivity index (χ3v) is 3.66. The van der Waals surface area contributed by atoms with Crippen LogP contribution in [0, 0.1) is 0 Å². The Hall–Kier alpha value is -0.770. The van der Waals surface area contributed by atoms with Crippen LogP contribution in [-0.2, 0) is 0 Å².